The standard InChI is InChI=1S/C22H24Cl2F3N5/c1-28-8-6-18-20-14(15-12-13(23)2-4-17(15)30-20)7-10-32(18)11-9-29-19-5-3-16(24)21(31-19)22(25,26)27/h2-5,12,18,28,30H,6-11H2,1H3,(H,29,31). The van der Waals surface area contributed by atoms with Gasteiger partial charge in [-0.05, 0) is 62.3 Å². The Labute approximate surface area is 194 Å². The number of aromatic nitrogens is 2. The largest absolute Gasteiger partial charge is 0.434 e. The molecule has 0 saturated heterocycles. The average molecular weight is 486 g/mol. The van der Waals surface area contributed by atoms with Crippen molar-refractivity contribution in [1.82, 2.24) is 20.2 Å². The number of aromatic amines is 1. The highest BCUT2D eigenvalue weighted by Crippen LogP contribution is 2.37. The van der Waals surface area contributed by atoms with E-state index in [0.29, 0.717) is 18.1 Å². The average Bonchev–Trinajstić information content (AvgIpc) is 3.11. The molecule has 172 valence electrons. The number of fused-ring (bicyclic) bond motifs is 3. The van der Waals surface area contributed by atoms with Crippen molar-refractivity contribution < 1.29 is 13.2 Å². The van der Waals surface area contributed by atoms with Gasteiger partial charge in [0.15, 0.2) is 5.69 Å². The molecule has 1 aliphatic heterocycles. The maximum atomic E-state index is 13.1. The molecule has 1 aromatic carbocycles. The van der Waals surface area contributed by atoms with Crippen LogP contribution >= 0.6 is 23.2 Å². The van der Waals surface area contributed by atoms with Crippen LogP contribution in [0.5, 0.6) is 0 Å². The molecular formula is C22H24Cl2F3N5. The second-order valence-electron chi connectivity index (χ2n) is 7.85. The molecule has 0 bridgehead atoms. The summed E-state index contributed by atoms with van der Waals surface area (Å²) in [6.07, 6.45) is -2.81. The second-order valence-corrected chi connectivity index (χ2v) is 8.70. The minimum Gasteiger partial charge on any atom is -0.369 e. The van der Waals surface area contributed by atoms with Gasteiger partial charge in [0.1, 0.15) is 5.82 Å². The monoisotopic (exact) mass is 485 g/mol. The van der Waals surface area contributed by atoms with Gasteiger partial charge in [-0.2, -0.15) is 13.2 Å². The van der Waals surface area contributed by atoms with Crippen molar-refractivity contribution in [3.63, 3.8) is 0 Å². The second kappa shape index (κ2) is 9.47. The molecule has 5 nitrogen and oxygen atoms in total. The molecule has 3 aromatic rings. The highest BCUT2D eigenvalue weighted by Gasteiger charge is 2.35. The fraction of sp³-hybridized carbons (Fsp3) is 0.409. The first-order chi connectivity index (χ1) is 15.3. The number of anilines is 1. The molecule has 2 aromatic heterocycles. The topological polar surface area (TPSA) is 56.0 Å². The molecule has 1 aliphatic rings. The number of alkyl halides is 3. The highest BCUT2D eigenvalue weighted by molar-refractivity contribution is 6.31. The smallest absolute Gasteiger partial charge is 0.369 e. The zero-order chi connectivity index (χ0) is 22.9. The van der Waals surface area contributed by atoms with Gasteiger partial charge in [0, 0.05) is 41.3 Å². The van der Waals surface area contributed by atoms with E-state index in [1.165, 1.54) is 23.4 Å². The highest BCUT2D eigenvalue weighted by atomic mass is 35.5. The Morgan fingerprint density at radius 2 is 2.00 bits per heavy atom. The Morgan fingerprint density at radius 1 is 1.19 bits per heavy atom. The molecule has 0 aliphatic carbocycles. The van der Waals surface area contributed by atoms with E-state index >= 15 is 0 Å². The molecule has 32 heavy (non-hydrogen) atoms. The minimum absolute atomic E-state index is 0.159. The fourth-order valence-corrected chi connectivity index (χ4v) is 4.72. The molecule has 3 N–H and O–H groups in total. The third-order valence-electron chi connectivity index (χ3n) is 5.81. The van der Waals surface area contributed by atoms with Crippen LogP contribution in [0.1, 0.15) is 29.4 Å². The molecule has 0 spiro atoms. The van der Waals surface area contributed by atoms with Crippen LogP contribution in [0.4, 0.5) is 19.0 Å². The molecule has 1 unspecified atom stereocenters. The van der Waals surface area contributed by atoms with E-state index in [2.05, 4.69) is 25.5 Å². The van der Waals surface area contributed by atoms with Crippen LogP contribution in [0.2, 0.25) is 10.0 Å². The third-order valence-corrected chi connectivity index (χ3v) is 6.35. The summed E-state index contributed by atoms with van der Waals surface area (Å²) in [5.74, 6) is 0.159. The maximum Gasteiger partial charge on any atom is 0.434 e. The van der Waals surface area contributed by atoms with Crippen LogP contribution in [-0.2, 0) is 12.6 Å². The lowest BCUT2D eigenvalue weighted by Gasteiger charge is -2.36. The van der Waals surface area contributed by atoms with Gasteiger partial charge in [0.25, 0.3) is 0 Å². The summed E-state index contributed by atoms with van der Waals surface area (Å²) in [6, 6.07) is 8.74. The lowest BCUT2D eigenvalue weighted by Crippen LogP contribution is -2.39. The van der Waals surface area contributed by atoms with Crippen molar-refractivity contribution >= 4 is 39.9 Å². The van der Waals surface area contributed by atoms with Gasteiger partial charge in [0.05, 0.1) is 11.1 Å². The van der Waals surface area contributed by atoms with Gasteiger partial charge in [0.2, 0.25) is 0 Å². The predicted molar refractivity (Wildman–Crippen MR) is 123 cm³/mol. The summed E-state index contributed by atoms with van der Waals surface area (Å²) >= 11 is 11.9. The van der Waals surface area contributed by atoms with Gasteiger partial charge in [-0.3, -0.25) is 4.90 Å². The van der Waals surface area contributed by atoms with Gasteiger partial charge in [-0.25, -0.2) is 4.98 Å². The number of pyridine rings is 1. The van der Waals surface area contributed by atoms with E-state index in [0.717, 1.165) is 36.8 Å². The number of H-pyrrole nitrogens is 1. The van der Waals surface area contributed by atoms with E-state index < -0.39 is 16.9 Å². The van der Waals surface area contributed by atoms with Crippen LogP contribution in [0, 0.1) is 0 Å². The Kier molecular flexibility index (Phi) is 6.86. The molecule has 1 atom stereocenters. The van der Waals surface area contributed by atoms with E-state index in [-0.39, 0.29) is 11.9 Å². The van der Waals surface area contributed by atoms with Crippen molar-refractivity contribution in [2.45, 2.75) is 25.1 Å². The van der Waals surface area contributed by atoms with E-state index in [1.54, 1.807) is 0 Å². The van der Waals surface area contributed by atoms with Crippen molar-refractivity contribution in [1.29, 1.82) is 0 Å². The van der Waals surface area contributed by atoms with Gasteiger partial charge < -0.3 is 15.6 Å². The Morgan fingerprint density at radius 3 is 2.75 bits per heavy atom. The van der Waals surface area contributed by atoms with Crippen molar-refractivity contribution in [2.75, 3.05) is 38.5 Å². The first kappa shape index (κ1) is 23.2. The molecule has 0 saturated carbocycles. The number of hydrogen-bond acceptors (Lipinski definition) is 4. The van der Waals surface area contributed by atoms with Crippen molar-refractivity contribution in [3.8, 4) is 0 Å². The Hall–Kier alpha value is -2.00. The van der Waals surface area contributed by atoms with Crippen LogP contribution in [-0.4, -0.2) is 48.1 Å². The number of nitrogens with zero attached hydrogens (tertiary/aromatic N) is 2. The third kappa shape index (κ3) is 4.83. The summed E-state index contributed by atoms with van der Waals surface area (Å²) < 4.78 is 39.2. The summed E-state index contributed by atoms with van der Waals surface area (Å²) in [5, 5.41) is 7.69. The number of halogens is 5. The summed E-state index contributed by atoms with van der Waals surface area (Å²) in [7, 11) is 1.92. The number of nitrogens with one attached hydrogen (secondary N) is 3. The van der Waals surface area contributed by atoms with Crippen LogP contribution in [0.25, 0.3) is 10.9 Å². The molecule has 4 rings (SSSR count). The molecule has 0 fully saturated rings. The molecular weight excluding hydrogens is 462 g/mol. The fourth-order valence-electron chi connectivity index (χ4n) is 4.33. The lowest BCUT2D eigenvalue weighted by molar-refractivity contribution is -0.141. The van der Waals surface area contributed by atoms with Crippen molar-refractivity contribution in [2.24, 2.45) is 0 Å². The number of hydrogen-bond donors (Lipinski definition) is 3. The maximum absolute atomic E-state index is 13.1. The predicted octanol–water partition coefficient (Wildman–Crippen LogP) is 5.51. The zero-order valence-electron chi connectivity index (χ0n) is 17.5. The minimum atomic E-state index is -4.59. The molecule has 0 amide bonds. The van der Waals surface area contributed by atoms with E-state index in [1.807, 2.05) is 25.2 Å². The molecule has 3 heterocycles. The normalized spacial score (nSPS) is 17.0. The first-order valence-corrected chi connectivity index (χ1v) is 11.2. The zero-order valence-corrected chi connectivity index (χ0v) is 19.0. The number of benzene rings is 1. The summed E-state index contributed by atoms with van der Waals surface area (Å²) in [6.45, 7) is 2.82. The molecule has 10 heteroatoms. The van der Waals surface area contributed by atoms with Gasteiger partial charge in [-0.1, -0.05) is 23.2 Å². The first-order valence-electron chi connectivity index (χ1n) is 10.4. The lowest BCUT2D eigenvalue weighted by atomic mass is 9.95. The Bertz CT molecular complexity index is 1100. The quantitative estimate of drug-likeness (QED) is 0.413. The summed E-state index contributed by atoms with van der Waals surface area (Å²) in [5.41, 5.74) is 2.48. The van der Waals surface area contributed by atoms with Crippen LogP contribution in [0.15, 0.2) is 30.3 Å². The molecule has 0 radical (unpaired) electrons. The Balaban J connectivity index is 1.49. The SMILES string of the molecule is CNCCC1c2[nH]c3ccc(Cl)cc3c2CCN1CCNc1ccc(Cl)c(C(F)(F)F)n1. The summed E-state index contributed by atoms with van der Waals surface area (Å²) in [4.78, 5) is 9.57. The van der Waals surface area contributed by atoms with E-state index in [9.17, 15) is 13.2 Å². The number of rotatable bonds is 7. The van der Waals surface area contributed by atoms with Crippen LogP contribution < -0.4 is 10.6 Å². The van der Waals surface area contributed by atoms with E-state index in [4.69, 9.17) is 23.2 Å². The van der Waals surface area contributed by atoms with Crippen LogP contribution in [0.3, 0.4) is 0 Å². The van der Waals surface area contributed by atoms with Gasteiger partial charge >= 0.3 is 6.18 Å². The van der Waals surface area contributed by atoms with Gasteiger partial charge in [-0.15, -0.1) is 0 Å². The van der Waals surface area contributed by atoms with Crippen molar-refractivity contribution in [3.05, 3.63) is 57.3 Å².